The second-order valence-electron chi connectivity index (χ2n) is 3.94. The molecule has 1 heterocycles. The van der Waals surface area contributed by atoms with Crippen LogP contribution in [0.1, 0.15) is 23.4 Å². The fourth-order valence-electron chi connectivity index (χ4n) is 2.02. The molecule has 0 spiro atoms. The fraction of sp³-hybridized carbons (Fsp3) is 0.231. The van der Waals surface area contributed by atoms with Crippen LogP contribution in [-0.4, -0.2) is 4.57 Å². The van der Waals surface area contributed by atoms with E-state index in [0.29, 0.717) is 5.69 Å². The van der Waals surface area contributed by atoms with E-state index in [0.717, 1.165) is 15.9 Å². The molecule has 1 nitrogen and oxygen atoms in total. The number of aryl methyl sites for hydroxylation is 1. The van der Waals surface area contributed by atoms with Crippen LogP contribution in [0.5, 0.6) is 0 Å². The molecule has 0 unspecified atom stereocenters. The molecular weight excluding hydrogens is 288 g/mol. The lowest BCUT2D eigenvalue weighted by atomic mass is 10.2. The van der Waals surface area contributed by atoms with E-state index >= 15 is 0 Å². The highest BCUT2D eigenvalue weighted by Gasteiger charge is 2.17. The van der Waals surface area contributed by atoms with Gasteiger partial charge in [-0.25, -0.2) is 8.78 Å². The van der Waals surface area contributed by atoms with Gasteiger partial charge >= 0.3 is 0 Å². The summed E-state index contributed by atoms with van der Waals surface area (Å²) in [6.07, 6.45) is -2.43. The number of nitrogens with zero attached hydrogens (tertiary/aromatic N) is 1. The number of alkyl halides is 2. The predicted molar refractivity (Wildman–Crippen MR) is 67.9 cm³/mol. The Morgan fingerprint density at radius 1 is 1.18 bits per heavy atom. The molecule has 0 saturated carbocycles. The Bertz CT molecular complexity index is 546. The molecule has 0 N–H and O–H groups in total. The summed E-state index contributed by atoms with van der Waals surface area (Å²) in [5.74, 6) is 0. The SMILES string of the molecule is Cc1cc(C(F)F)c(C)n1-c1cccc(Br)c1. The molecule has 2 rings (SSSR count). The smallest absolute Gasteiger partial charge is 0.265 e. The molecule has 0 bridgehead atoms. The van der Waals surface area contributed by atoms with Gasteiger partial charge in [0.05, 0.1) is 0 Å². The minimum atomic E-state index is -2.43. The minimum absolute atomic E-state index is 0.0995. The lowest BCUT2D eigenvalue weighted by Crippen LogP contribution is -1.99. The zero-order valence-electron chi connectivity index (χ0n) is 9.55. The molecule has 4 heteroatoms. The number of halogens is 3. The van der Waals surface area contributed by atoms with Crippen LogP contribution in [-0.2, 0) is 0 Å². The average molecular weight is 300 g/mol. The summed E-state index contributed by atoms with van der Waals surface area (Å²) >= 11 is 3.38. The van der Waals surface area contributed by atoms with Crippen LogP contribution in [0.15, 0.2) is 34.8 Å². The highest BCUT2D eigenvalue weighted by Crippen LogP contribution is 2.29. The van der Waals surface area contributed by atoms with Crippen molar-refractivity contribution in [3.05, 3.63) is 51.8 Å². The predicted octanol–water partition coefficient (Wildman–Crippen LogP) is 4.79. The van der Waals surface area contributed by atoms with Crippen molar-refractivity contribution in [2.24, 2.45) is 0 Å². The summed E-state index contributed by atoms with van der Waals surface area (Å²) in [5.41, 5.74) is 2.40. The van der Waals surface area contributed by atoms with Gasteiger partial charge in [0.15, 0.2) is 0 Å². The van der Waals surface area contributed by atoms with Crippen LogP contribution < -0.4 is 0 Å². The fourth-order valence-corrected chi connectivity index (χ4v) is 2.41. The number of rotatable bonds is 2. The Morgan fingerprint density at radius 2 is 1.88 bits per heavy atom. The average Bonchev–Trinajstić information content (AvgIpc) is 2.54. The molecule has 0 radical (unpaired) electrons. The van der Waals surface area contributed by atoms with Gasteiger partial charge in [0, 0.05) is 27.1 Å². The van der Waals surface area contributed by atoms with Gasteiger partial charge in [0.25, 0.3) is 6.43 Å². The number of benzene rings is 1. The highest BCUT2D eigenvalue weighted by molar-refractivity contribution is 9.10. The second kappa shape index (κ2) is 4.61. The maximum atomic E-state index is 12.8. The van der Waals surface area contributed by atoms with Crippen molar-refractivity contribution in [2.45, 2.75) is 20.3 Å². The molecule has 0 amide bonds. The minimum Gasteiger partial charge on any atom is -0.318 e. The lowest BCUT2D eigenvalue weighted by Gasteiger charge is -2.10. The van der Waals surface area contributed by atoms with Crippen LogP contribution in [0.2, 0.25) is 0 Å². The van der Waals surface area contributed by atoms with Crippen LogP contribution in [0.25, 0.3) is 5.69 Å². The third-order valence-corrected chi connectivity index (χ3v) is 3.27. The molecule has 0 atom stereocenters. The Balaban J connectivity index is 2.60. The molecule has 0 saturated heterocycles. The molecule has 1 aromatic heterocycles. The van der Waals surface area contributed by atoms with Crippen molar-refractivity contribution in [1.82, 2.24) is 4.57 Å². The lowest BCUT2D eigenvalue weighted by molar-refractivity contribution is 0.150. The van der Waals surface area contributed by atoms with Crippen molar-refractivity contribution in [3.63, 3.8) is 0 Å². The van der Waals surface area contributed by atoms with Crippen LogP contribution in [0.3, 0.4) is 0 Å². The van der Waals surface area contributed by atoms with Crippen LogP contribution in [0.4, 0.5) is 8.78 Å². The van der Waals surface area contributed by atoms with Gasteiger partial charge in [-0.05, 0) is 38.1 Å². The molecule has 90 valence electrons. The number of hydrogen-bond acceptors (Lipinski definition) is 0. The zero-order chi connectivity index (χ0) is 12.6. The molecule has 0 aliphatic heterocycles. The molecule has 17 heavy (non-hydrogen) atoms. The van der Waals surface area contributed by atoms with Crippen molar-refractivity contribution in [2.75, 3.05) is 0 Å². The van der Waals surface area contributed by atoms with Gasteiger partial charge < -0.3 is 4.57 Å². The first-order valence-corrected chi connectivity index (χ1v) is 6.03. The molecule has 2 aromatic rings. The highest BCUT2D eigenvalue weighted by atomic mass is 79.9. The summed E-state index contributed by atoms with van der Waals surface area (Å²) in [7, 11) is 0. The van der Waals surface area contributed by atoms with E-state index in [1.165, 1.54) is 0 Å². The van der Waals surface area contributed by atoms with Gasteiger partial charge in [-0.15, -0.1) is 0 Å². The molecular formula is C13H12BrF2N. The summed E-state index contributed by atoms with van der Waals surface area (Å²) in [5, 5.41) is 0. The third kappa shape index (κ3) is 2.27. The summed E-state index contributed by atoms with van der Waals surface area (Å²) in [6, 6.07) is 9.15. The van der Waals surface area contributed by atoms with Gasteiger partial charge in [-0.3, -0.25) is 0 Å². The zero-order valence-corrected chi connectivity index (χ0v) is 11.1. The van der Waals surface area contributed by atoms with E-state index in [-0.39, 0.29) is 5.56 Å². The van der Waals surface area contributed by atoms with Gasteiger partial charge in [-0.2, -0.15) is 0 Å². The van der Waals surface area contributed by atoms with Crippen molar-refractivity contribution in [3.8, 4) is 5.69 Å². The van der Waals surface area contributed by atoms with E-state index in [4.69, 9.17) is 0 Å². The second-order valence-corrected chi connectivity index (χ2v) is 4.86. The number of hydrogen-bond donors (Lipinski definition) is 0. The normalized spacial score (nSPS) is 11.2. The van der Waals surface area contributed by atoms with Crippen LogP contribution >= 0.6 is 15.9 Å². The molecule has 1 aromatic carbocycles. The van der Waals surface area contributed by atoms with E-state index in [1.807, 2.05) is 35.8 Å². The molecule has 0 fully saturated rings. The summed E-state index contributed by atoms with van der Waals surface area (Å²) in [6.45, 7) is 3.55. The van der Waals surface area contributed by atoms with E-state index in [1.54, 1.807) is 13.0 Å². The monoisotopic (exact) mass is 299 g/mol. The Kier molecular flexibility index (Phi) is 3.33. The Hall–Kier alpha value is -1.16. The topological polar surface area (TPSA) is 4.93 Å². The quantitative estimate of drug-likeness (QED) is 0.751. The van der Waals surface area contributed by atoms with Gasteiger partial charge in [-0.1, -0.05) is 22.0 Å². The Morgan fingerprint density at radius 3 is 2.41 bits per heavy atom. The number of aromatic nitrogens is 1. The first-order valence-electron chi connectivity index (χ1n) is 5.23. The van der Waals surface area contributed by atoms with Crippen molar-refractivity contribution < 1.29 is 8.78 Å². The first-order chi connectivity index (χ1) is 8.00. The van der Waals surface area contributed by atoms with E-state index < -0.39 is 6.43 Å². The Labute approximate surface area is 107 Å². The van der Waals surface area contributed by atoms with Gasteiger partial charge in [0.2, 0.25) is 0 Å². The van der Waals surface area contributed by atoms with E-state index in [2.05, 4.69) is 15.9 Å². The van der Waals surface area contributed by atoms with Crippen molar-refractivity contribution in [1.29, 1.82) is 0 Å². The molecule has 0 aliphatic rings. The van der Waals surface area contributed by atoms with Crippen LogP contribution in [0, 0.1) is 13.8 Å². The molecule has 0 aliphatic carbocycles. The maximum Gasteiger partial charge on any atom is 0.265 e. The first kappa shape index (κ1) is 12.3. The van der Waals surface area contributed by atoms with E-state index in [9.17, 15) is 8.78 Å². The van der Waals surface area contributed by atoms with Crippen molar-refractivity contribution >= 4 is 15.9 Å². The summed E-state index contributed by atoms with van der Waals surface area (Å²) in [4.78, 5) is 0. The summed E-state index contributed by atoms with van der Waals surface area (Å²) < 4.78 is 28.4. The maximum absolute atomic E-state index is 12.8. The third-order valence-electron chi connectivity index (χ3n) is 2.77. The largest absolute Gasteiger partial charge is 0.318 e. The standard InChI is InChI=1S/C13H12BrF2N/c1-8-6-12(13(15)16)9(2)17(8)11-5-3-4-10(14)7-11/h3-7,13H,1-2H3. The van der Waals surface area contributed by atoms with Gasteiger partial charge in [0.1, 0.15) is 0 Å².